The van der Waals surface area contributed by atoms with Gasteiger partial charge in [0, 0.05) is 0 Å². The Morgan fingerprint density at radius 2 is 2.18 bits per heavy atom. The Kier molecular flexibility index (Phi) is 6.29. The number of hydrogen-bond donors (Lipinski definition) is 1. The van der Waals surface area contributed by atoms with Gasteiger partial charge in [-0.05, 0) is 65.0 Å². The molecular weight excluding hydrogens is 208 g/mol. The minimum absolute atomic E-state index is 0.145. The molecule has 1 N–H and O–H groups in total. The first-order valence-corrected chi connectivity index (χ1v) is 6.91. The maximum absolute atomic E-state index is 8.89. The van der Waals surface area contributed by atoms with Gasteiger partial charge in [-0.15, -0.1) is 0 Å². The van der Waals surface area contributed by atoms with E-state index in [-0.39, 0.29) is 5.41 Å². The molecule has 0 amide bonds. The van der Waals surface area contributed by atoms with Crippen LogP contribution in [0.1, 0.15) is 52.4 Å². The van der Waals surface area contributed by atoms with E-state index < -0.39 is 0 Å². The third kappa shape index (κ3) is 6.48. The Labute approximate surface area is 106 Å². The van der Waals surface area contributed by atoms with Crippen LogP contribution < -0.4 is 5.32 Å². The van der Waals surface area contributed by atoms with Crippen molar-refractivity contribution >= 4 is 0 Å². The summed E-state index contributed by atoms with van der Waals surface area (Å²) in [7, 11) is 0. The zero-order valence-electron chi connectivity index (χ0n) is 11.3. The molecule has 0 bridgehead atoms. The Balaban J connectivity index is 1.94. The van der Waals surface area contributed by atoms with Crippen molar-refractivity contribution in [1.29, 1.82) is 5.26 Å². The molecule has 0 radical (unpaired) electrons. The number of nitrogens with one attached hydrogen (secondary N) is 1. The van der Waals surface area contributed by atoms with Gasteiger partial charge in [-0.2, -0.15) is 5.26 Å². The predicted molar refractivity (Wildman–Crippen MR) is 72.6 cm³/mol. The Morgan fingerprint density at radius 1 is 1.35 bits per heavy atom. The molecule has 2 nitrogen and oxygen atoms in total. The van der Waals surface area contributed by atoms with Crippen molar-refractivity contribution in [2.24, 2.45) is 11.3 Å². The van der Waals surface area contributed by atoms with Crippen LogP contribution in [-0.4, -0.2) is 13.1 Å². The minimum Gasteiger partial charge on any atom is -0.316 e. The van der Waals surface area contributed by atoms with Gasteiger partial charge in [-0.1, -0.05) is 18.6 Å². The van der Waals surface area contributed by atoms with E-state index in [9.17, 15) is 0 Å². The van der Waals surface area contributed by atoms with Crippen LogP contribution in [0.25, 0.3) is 0 Å². The lowest BCUT2D eigenvalue weighted by atomic mass is 9.89. The van der Waals surface area contributed by atoms with Gasteiger partial charge in [0.15, 0.2) is 0 Å². The largest absolute Gasteiger partial charge is 0.316 e. The predicted octanol–water partition coefficient (Wildman–Crippen LogP) is 3.65. The van der Waals surface area contributed by atoms with E-state index in [1.165, 1.54) is 25.7 Å². The van der Waals surface area contributed by atoms with Crippen molar-refractivity contribution in [3.63, 3.8) is 0 Å². The van der Waals surface area contributed by atoms with Crippen molar-refractivity contribution in [3.8, 4) is 6.07 Å². The smallest absolute Gasteiger partial charge is 0.0683 e. The first-order valence-electron chi connectivity index (χ1n) is 6.91. The fourth-order valence-electron chi connectivity index (χ4n) is 2.22. The van der Waals surface area contributed by atoms with Crippen molar-refractivity contribution < 1.29 is 0 Å². The second-order valence-corrected chi connectivity index (χ2v) is 5.81. The molecule has 0 saturated carbocycles. The van der Waals surface area contributed by atoms with Crippen LogP contribution in [0.5, 0.6) is 0 Å². The summed E-state index contributed by atoms with van der Waals surface area (Å²) >= 11 is 0. The van der Waals surface area contributed by atoms with Gasteiger partial charge in [-0.3, -0.25) is 0 Å². The van der Waals surface area contributed by atoms with Gasteiger partial charge in [0.05, 0.1) is 11.5 Å². The molecular formula is C15H26N2. The average Bonchev–Trinajstić information content (AvgIpc) is 2.35. The lowest BCUT2D eigenvalue weighted by molar-refractivity contribution is 0.407. The van der Waals surface area contributed by atoms with Crippen molar-refractivity contribution in [1.82, 2.24) is 5.32 Å². The molecule has 2 heteroatoms. The quantitative estimate of drug-likeness (QED) is 0.539. The minimum atomic E-state index is -0.145. The summed E-state index contributed by atoms with van der Waals surface area (Å²) in [5.74, 6) is 0.843. The van der Waals surface area contributed by atoms with E-state index in [0.29, 0.717) is 0 Å². The number of unbranched alkanes of at least 4 members (excludes halogenated alkanes) is 1. The van der Waals surface area contributed by atoms with E-state index in [0.717, 1.165) is 31.8 Å². The highest BCUT2D eigenvalue weighted by Gasteiger charge is 2.15. The third-order valence-corrected chi connectivity index (χ3v) is 3.52. The highest BCUT2D eigenvalue weighted by molar-refractivity contribution is 4.91. The van der Waals surface area contributed by atoms with Crippen LogP contribution in [0.3, 0.4) is 0 Å². The van der Waals surface area contributed by atoms with Crippen LogP contribution >= 0.6 is 0 Å². The summed E-state index contributed by atoms with van der Waals surface area (Å²) < 4.78 is 0. The van der Waals surface area contributed by atoms with Crippen LogP contribution in [0, 0.1) is 22.7 Å². The highest BCUT2D eigenvalue weighted by Crippen LogP contribution is 2.21. The van der Waals surface area contributed by atoms with Gasteiger partial charge in [0.1, 0.15) is 0 Å². The molecule has 1 unspecified atom stereocenters. The second kappa shape index (κ2) is 7.50. The number of hydrogen-bond acceptors (Lipinski definition) is 2. The summed E-state index contributed by atoms with van der Waals surface area (Å²) in [5, 5.41) is 12.4. The molecule has 0 spiro atoms. The molecule has 1 aliphatic rings. The van der Waals surface area contributed by atoms with Crippen molar-refractivity contribution in [2.45, 2.75) is 52.4 Å². The maximum atomic E-state index is 8.89. The molecule has 1 aliphatic carbocycles. The summed E-state index contributed by atoms with van der Waals surface area (Å²) in [6, 6.07) is 2.36. The van der Waals surface area contributed by atoms with E-state index in [4.69, 9.17) is 5.26 Å². The fraction of sp³-hybridized carbons (Fsp3) is 0.800. The monoisotopic (exact) mass is 234 g/mol. The molecule has 1 rings (SSSR count). The van der Waals surface area contributed by atoms with Crippen molar-refractivity contribution in [3.05, 3.63) is 12.2 Å². The average molecular weight is 234 g/mol. The SMILES string of the molecule is CC(C)(C#N)CCCCNCC1CC=CCC1. The van der Waals surface area contributed by atoms with Gasteiger partial charge < -0.3 is 5.32 Å². The fourth-order valence-corrected chi connectivity index (χ4v) is 2.22. The Hall–Kier alpha value is -0.810. The van der Waals surface area contributed by atoms with Gasteiger partial charge in [-0.25, -0.2) is 0 Å². The van der Waals surface area contributed by atoms with Gasteiger partial charge >= 0.3 is 0 Å². The standard InChI is InChI=1S/C15H26N2/c1-15(2,13-16)10-6-7-11-17-12-14-8-4-3-5-9-14/h3-4,14,17H,5-12H2,1-2H3. The first kappa shape index (κ1) is 14.3. The molecule has 0 fully saturated rings. The van der Waals surface area contributed by atoms with E-state index in [2.05, 4.69) is 23.5 Å². The summed E-state index contributed by atoms with van der Waals surface area (Å²) in [4.78, 5) is 0. The van der Waals surface area contributed by atoms with Crippen molar-refractivity contribution in [2.75, 3.05) is 13.1 Å². The van der Waals surface area contributed by atoms with E-state index >= 15 is 0 Å². The lowest BCUT2D eigenvalue weighted by Gasteiger charge is -2.18. The van der Waals surface area contributed by atoms with Gasteiger partial charge in [0.25, 0.3) is 0 Å². The molecule has 1 atom stereocenters. The molecule has 17 heavy (non-hydrogen) atoms. The summed E-state index contributed by atoms with van der Waals surface area (Å²) in [6.07, 6.45) is 11.8. The molecule has 96 valence electrons. The maximum Gasteiger partial charge on any atom is 0.0683 e. The molecule has 0 heterocycles. The topological polar surface area (TPSA) is 35.8 Å². The molecule has 0 aromatic carbocycles. The summed E-state index contributed by atoms with van der Waals surface area (Å²) in [5.41, 5.74) is -0.145. The van der Waals surface area contributed by atoms with Crippen LogP contribution in [0.2, 0.25) is 0 Å². The normalized spacial score (nSPS) is 20.2. The molecule has 0 aliphatic heterocycles. The van der Waals surface area contributed by atoms with Crippen LogP contribution in [0.15, 0.2) is 12.2 Å². The number of nitrogens with zero attached hydrogens (tertiary/aromatic N) is 1. The van der Waals surface area contributed by atoms with E-state index in [1.54, 1.807) is 0 Å². The summed E-state index contributed by atoms with van der Waals surface area (Å²) in [6.45, 7) is 6.30. The molecule has 0 aromatic heterocycles. The molecule has 0 aromatic rings. The Bertz CT molecular complexity index is 273. The van der Waals surface area contributed by atoms with Gasteiger partial charge in [0.2, 0.25) is 0 Å². The number of allylic oxidation sites excluding steroid dienone is 2. The lowest BCUT2D eigenvalue weighted by Crippen LogP contribution is -2.24. The third-order valence-electron chi connectivity index (χ3n) is 3.52. The Morgan fingerprint density at radius 3 is 2.82 bits per heavy atom. The van der Waals surface area contributed by atoms with Crippen LogP contribution in [0.4, 0.5) is 0 Å². The van der Waals surface area contributed by atoms with Crippen LogP contribution in [-0.2, 0) is 0 Å². The second-order valence-electron chi connectivity index (χ2n) is 5.81. The number of nitriles is 1. The molecule has 0 saturated heterocycles. The zero-order chi connectivity index (χ0) is 12.6. The highest BCUT2D eigenvalue weighted by atomic mass is 14.8. The first-order chi connectivity index (χ1) is 8.14. The zero-order valence-corrected chi connectivity index (χ0v) is 11.3. The number of rotatable bonds is 7. The van der Waals surface area contributed by atoms with E-state index in [1.807, 2.05) is 13.8 Å².